The summed E-state index contributed by atoms with van der Waals surface area (Å²) >= 11 is 0. The Labute approximate surface area is 179 Å². The highest BCUT2D eigenvalue weighted by Gasteiger charge is 2.55. The number of allylic oxidation sites excluding steroid dienone is 3. The summed E-state index contributed by atoms with van der Waals surface area (Å²) in [6.45, 7) is 7.24. The summed E-state index contributed by atoms with van der Waals surface area (Å²) in [4.78, 5) is 25.7. The van der Waals surface area contributed by atoms with E-state index >= 15 is 0 Å². The monoisotopic (exact) mass is 412 g/mol. The Bertz CT molecular complexity index is 803. The van der Waals surface area contributed by atoms with Gasteiger partial charge in [0.1, 0.15) is 0 Å². The maximum atomic E-state index is 12.8. The smallest absolute Gasteiger partial charge is 0.323 e. The van der Waals surface area contributed by atoms with Crippen LogP contribution in [0.3, 0.4) is 0 Å². The van der Waals surface area contributed by atoms with Gasteiger partial charge in [-0.3, -0.25) is 9.59 Å². The van der Waals surface area contributed by atoms with Crippen molar-refractivity contribution in [3.63, 3.8) is 0 Å². The lowest BCUT2D eigenvalue weighted by Gasteiger charge is -2.24. The molecule has 1 saturated carbocycles. The quantitative estimate of drug-likeness (QED) is 0.350. The Balaban J connectivity index is 1.77. The van der Waals surface area contributed by atoms with Crippen LogP contribution in [0.5, 0.6) is 0 Å². The predicted octanol–water partition coefficient (Wildman–Crippen LogP) is 4.76. The number of benzene rings is 1. The molecule has 162 valence electrons. The summed E-state index contributed by atoms with van der Waals surface area (Å²) in [5, 5.41) is 0. The van der Waals surface area contributed by atoms with E-state index in [1.807, 2.05) is 18.2 Å². The second-order valence-electron chi connectivity index (χ2n) is 8.12. The van der Waals surface area contributed by atoms with Gasteiger partial charge in [-0.25, -0.2) is 0 Å². The van der Waals surface area contributed by atoms with Crippen molar-refractivity contribution in [1.29, 1.82) is 0 Å². The Morgan fingerprint density at radius 2 is 1.67 bits per heavy atom. The van der Waals surface area contributed by atoms with Crippen molar-refractivity contribution in [2.75, 3.05) is 19.8 Å². The zero-order chi connectivity index (χ0) is 21.6. The molecule has 0 amide bonds. The van der Waals surface area contributed by atoms with Crippen LogP contribution < -0.4 is 0 Å². The lowest BCUT2D eigenvalue weighted by molar-refractivity contribution is -0.171. The number of hydrogen-bond acceptors (Lipinski definition) is 5. The van der Waals surface area contributed by atoms with Crippen LogP contribution in [0.2, 0.25) is 0 Å². The minimum atomic E-state index is -1.24. The first kappa shape index (κ1) is 22.3. The van der Waals surface area contributed by atoms with Gasteiger partial charge in [0, 0.05) is 5.92 Å². The molecule has 0 aliphatic heterocycles. The number of carbonyl (C=O) groups excluding carboxylic acids is 2. The molecule has 1 fully saturated rings. The van der Waals surface area contributed by atoms with Crippen LogP contribution in [-0.2, 0) is 30.4 Å². The fraction of sp³-hybridized carbons (Fsp3) is 0.520. The predicted molar refractivity (Wildman–Crippen MR) is 115 cm³/mol. The molecular weight excluding hydrogens is 380 g/mol. The normalized spacial score (nSPS) is 20.2. The van der Waals surface area contributed by atoms with E-state index in [2.05, 4.69) is 25.1 Å². The van der Waals surface area contributed by atoms with Gasteiger partial charge in [-0.15, -0.1) is 0 Å². The molecule has 2 aliphatic carbocycles. The van der Waals surface area contributed by atoms with Crippen LogP contribution >= 0.6 is 0 Å². The van der Waals surface area contributed by atoms with Crippen LogP contribution in [0, 0.1) is 11.3 Å². The molecule has 5 heteroatoms. The Hall–Kier alpha value is -2.40. The van der Waals surface area contributed by atoms with Gasteiger partial charge in [0.25, 0.3) is 0 Å². The van der Waals surface area contributed by atoms with E-state index in [9.17, 15) is 9.59 Å². The Morgan fingerprint density at radius 1 is 1.00 bits per heavy atom. The molecule has 0 N–H and O–H groups in total. The zero-order valence-corrected chi connectivity index (χ0v) is 18.2. The number of fused-ring (bicyclic) bond motifs is 1. The van der Waals surface area contributed by atoms with Crippen molar-refractivity contribution in [3.05, 3.63) is 58.7 Å². The second kappa shape index (κ2) is 10.1. The van der Waals surface area contributed by atoms with Gasteiger partial charge >= 0.3 is 11.9 Å². The standard InChI is InChI=1S/C25H32O5/c1-4-29-23(26)25(24(27)30-5-2)14-21-13-20(12-11-18(3)22(21)15-25)17-28-16-19-9-7-6-8-10-19/h6-10,13,21H,4-5,11-12,14-17H2,1-3H3. The molecule has 30 heavy (non-hydrogen) atoms. The highest BCUT2D eigenvalue weighted by Crippen LogP contribution is 2.51. The van der Waals surface area contributed by atoms with Crippen molar-refractivity contribution in [2.45, 2.75) is 53.1 Å². The molecule has 3 rings (SSSR count). The Morgan fingerprint density at radius 3 is 2.30 bits per heavy atom. The van der Waals surface area contributed by atoms with Crippen LogP contribution in [0.1, 0.15) is 52.0 Å². The molecule has 1 atom stereocenters. The van der Waals surface area contributed by atoms with E-state index < -0.39 is 17.4 Å². The highest BCUT2D eigenvalue weighted by molar-refractivity contribution is 6.01. The van der Waals surface area contributed by atoms with Crippen LogP contribution in [0.4, 0.5) is 0 Å². The lowest BCUT2D eigenvalue weighted by atomic mass is 9.84. The van der Waals surface area contributed by atoms with Crippen molar-refractivity contribution >= 4 is 11.9 Å². The summed E-state index contributed by atoms with van der Waals surface area (Å²) in [5.41, 5.74) is 3.55. The van der Waals surface area contributed by atoms with E-state index in [1.54, 1.807) is 13.8 Å². The van der Waals surface area contributed by atoms with Gasteiger partial charge in [-0.05, 0) is 57.6 Å². The second-order valence-corrected chi connectivity index (χ2v) is 8.12. The fourth-order valence-electron chi connectivity index (χ4n) is 4.46. The van der Waals surface area contributed by atoms with E-state index in [0.29, 0.717) is 26.1 Å². The zero-order valence-electron chi connectivity index (χ0n) is 18.2. The third kappa shape index (κ3) is 4.84. The molecule has 1 aromatic carbocycles. The molecular formula is C25H32O5. The maximum absolute atomic E-state index is 12.8. The van der Waals surface area contributed by atoms with Gasteiger partial charge in [-0.1, -0.05) is 47.6 Å². The van der Waals surface area contributed by atoms with Gasteiger partial charge in [-0.2, -0.15) is 0 Å². The van der Waals surface area contributed by atoms with Crippen molar-refractivity contribution in [1.82, 2.24) is 0 Å². The SMILES string of the molecule is CCOC(=O)C1(C(=O)OCC)CC2=C(C)CCC(COCc3ccccc3)=CC2C1. The van der Waals surface area contributed by atoms with Crippen molar-refractivity contribution in [3.8, 4) is 0 Å². The summed E-state index contributed by atoms with van der Waals surface area (Å²) < 4.78 is 16.6. The van der Waals surface area contributed by atoms with Crippen LogP contribution in [0.15, 0.2) is 53.1 Å². The van der Waals surface area contributed by atoms with E-state index in [-0.39, 0.29) is 19.1 Å². The first-order valence-corrected chi connectivity index (χ1v) is 10.8. The molecule has 1 unspecified atom stereocenters. The van der Waals surface area contributed by atoms with Crippen molar-refractivity contribution in [2.24, 2.45) is 11.3 Å². The fourth-order valence-corrected chi connectivity index (χ4v) is 4.46. The summed E-state index contributed by atoms with van der Waals surface area (Å²) in [6, 6.07) is 10.1. The largest absolute Gasteiger partial charge is 0.465 e. The van der Waals surface area contributed by atoms with E-state index in [0.717, 1.165) is 18.4 Å². The van der Waals surface area contributed by atoms with E-state index in [4.69, 9.17) is 14.2 Å². The Kier molecular flexibility index (Phi) is 7.48. The summed E-state index contributed by atoms with van der Waals surface area (Å²) in [6.07, 6.45) is 4.84. The van der Waals surface area contributed by atoms with Crippen LogP contribution in [0.25, 0.3) is 0 Å². The van der Waals surface area contributed by atoms with Crippen molar-refractivity contribution < 1.29 is 23.8 Å². The molecule has 0 heterocycles. The maximum Gasteiger partial charge on any atom is 0.323 e. The van der Waals surface area contributed by atoms with Gasteiger partial charge in [0.2, 0.25) is 0 Å². The van der Waals surface area contributed by atoms with Crippen LogP contribution in [-0.4, -0.2) is 31.8 Å². The van der Waals surface area contributed by atoms with E-state index in [1.165, 1.54) is 16.7 Å². The summed E-state index contributed by atoms with van der Waals surface area (Å²) in [7, 11) is 0. The highest BCUT2D eigenvalue weighted by atomic mass is 16.6. The lowest BCUT2D eigenvalue weighted by Crippen LogP contribution is -2.40. The summed E-state index contributed by atoms with van der Waals surface area (Å²) in [5.74, 6) is -0.893. The molecule has 5 nitrogen and oxygen atoms in total. The molecule has 0 bridgehead atoms. The molecule has 2 aliphatic rings. The van der Waals surface area contributed by atoms with Gasteiger partial charge in [0.15, 0.2) is 5.41 Å². The topological polar surface area (TPSA) is 61.8 Å². The number of ether oxygens (including phenoxy) is 3. The molecule has 0 spiro atoms. The average Bonchev–Trinajstić information content (AvgIpc) is 3.07. The first-order valence-electron chi connectivity index (χ1n) is 10.8. The number of carbonyl (C=O) groups is 2. The number of esters is 2. The third-order valence-corrected chi connectivity index (χ3v) is 6.05. The molecule has 0 radical (unpaired) electrons. The molecule has 0 aromatic heterocycles. The van der Waals surface area contributed by atoms with Gasteiger partial charge < -0.3 is 14.2 Å². The molecule has 1 aromatic rings. The minimum Gasteiger partial charge on any atom is -0.465 e. The molecule has 0 saturated heterocycles. The van der Waals surface area contributed by atoms with Gasteiger partial charge in [0.05, 0.1) is 26.4 Å². The third-order valence-electron chi connectivity index (χ3n) is 6.05. The average molecular weight is 413 g/mol. The minimum absolute atomic E-state index is 0.0386. The first-order chi connectivity index (χ1) is 14.5. The number of rotatable bonds is 8. The number of hydrogen-bond donors (Lipinski definition) is 0.